The number of hydrogen-bond acceptors (Lipinski definition) is 3. The Kier molecular flexibility index (Phi) is 8.45. The minimum absolute atomic E-state index is 0.0421. The fourth-order valence-electron chi connectivity index (χ4n) is 2.27. The molecule has 0 saturated heterocycles. The predicted molar refractivity (Wildman–Crippen MR) is 116 cm³/mol. The van der Waals surface area contributed by atoms with E-state index in [4.69, 9.17) is 9.16 Å². The number of benzene rings is 1. The van der Waals surface area contributed by atoms with Crippen LogP contribution in [0, 0.1) is 0 Å². The summed E-state index contributed by atoms with van der Waals surface area (Å²) in [6.45, 7) is 13.4. The van der Waals surface area contributed by atoms with Gasteiger partial charge in [-0.1, -0.05) is 70.5 Å². The van der Waals surface area contributed by atoms with Gasteiger partial charge in [0.2, 0.25) is 0 Å². The minimum Gasteiger partial charge on any atom is -0.380 e. The number of unbranched alkanes of at least 4 members (excludes halogenated alkanes) is 1. The predicted octanol–water partition coefficient (Wildman–Crippen LogP) is 5.32. The van der Waals surface area contributed by atoms with Gasteiger partial charge in [-0.25, -0.2) is 0 Å². The molecule has 0 aliphatic heterocycles. The van der Waals surface area contributed by atoms with E-state index in [1.165, 1.54) is 0 Å². The minimum atomic E-state index is -2.27. The lowest BCUT2D eigenvalue weighted by atomic mass is 10.1. The van der Waals surface area contributed by atoms with Gasteiger partial charge in [0.15, 0.2) is 8.32 Å². The van der Waals surface area contributed by atoms with E-state index in [-0.39, 0.29) is 10.9 Å². The molecule has 5 heteroatoms. The van der Waals surface area contributed by atoms with Crippen molar-refractivity contribution in [1.29, 1.82) is 0 Å². The van der Waals surface area contributed by atoms with E-state index < -0.39 is 14.1 Å². The van der Waals surface area contributed by atoms with Crippen LogP contribution in [0.5, 0.6) is 0 Å². The second kappa shape index (κ2) is 9.67. The Morgan fingerprint density at radius 3 is 2.22 bits per heavy atom. The van der Waals surface area contributed by atoms with Crippen LogP contribution in [-0.4, -0.2) is 45.6 Å². The Bertz CT molecular complexity index is 620. The first-order valence-electron chi connectivity index (χ1n) is 9.75. The summed E-state index contributed by atoms with van der Waals surface area (Å²) in [7, 11) is 1.21. The summed E-state index contributed by atoms with van der Waals surface area (Å²) in [6, 6.07) is 9.92. The number of carbonyl (C=O) groups is 1. The zero-order valence-corrected chi connectivity index (χ0v) is 19.3. The van der Waals surface area contributed by atoms with Gasteiger partial charge in [-0.2, -0.15) is 0 Å². The average Bonchev–Trinajstić information content (AvgIpc) is 2.58. The zero-order chi connectivity index (χ0) is 20.7. The van der Waals surface area contributed by atoms with Crippen LogP contribution in [0.1, 0.15) is 46.1 Å². The van der Waals surface area contributed by atoms with Crippen molar-refractivity contribution in [3.8, 4) is 0 Å². The molecular formula is C22H37NO3Si. The second-order valence-electron chi connectivity index (χ2n) is 8.68. The Balaban J connectivity index is 3.38. The molecule has 0 spiro atoms. The number of rotatable bonds is 9. The standard InChI is InChI=1S/C22H37NO3Si/c1-9-10-18-25-22(20(24)23(5)6,26-27(7,8)21(2,3)4)17-16-19-14-12-11-13-15-19/h11-17H,9-10,18H2,1-8H3/b17-16+. The third-order valence-corrected chi connectivity index (χ3v) is 9.45. The van der Waals surface area contributed by atoms with E-state index in [0.29, 0.717) is 6.61 Å². The van der Waals surface area contributed by atoms with Gasteiger partial charge in [0.25, 0.3) is 11.7 Å². The van der Waals surface area contributed by atoms with Crippen molar-refractivity contribution in [2.24, 2.45) is 0 Å². The molecule has 0 heterocycles. The van der Waals surface area contributed by atoms with Gasteiger partial charge in [-0.15, -0.1) is 0 Å². The van der Waals surface area contributed by atoms with Crippen molar-refractivity contribution in [1.82, 2.24) is 4.90 Å². The van der Waals surface area contributed by atoms with Crippen molar-refractivity contribution < 1.29 is 14.0 Å². The molecule has 1 aromatic carbocycles. The first kappa shape index (κ1) is 23.6. The molecule has 1 amide bonds. The Hall–Kier alpha value is -1.43. The molecule has 1 unspecified atom stereocenters. The van der Waals surface area contributed by atoms with Crippen molar-refractivity contribution in [3.63, 3.8) is 0 Å². The van der Waals surface area contributed by atoms with E-state index in [1.54, 1.807) is 25.1 Å². The van der Waals surface area contributed by atoms with Crippen molar-refractivity contribution in [2.75, 3.05) is 20.7 Å². The summed E-state index contributed by atoms with van der Waals surface area (Å²) < 4.78 is 12.8. The zero-order valence-electron chi connectivity index (χ0n) is 18.3. The average molecular weight is 392 g/mol. The third-order valence-electron chi connectivity index (χ3n) is 5.03. The van der Waals surface area contributed by atoms with Crippen LogP contribution in [-0.2, 0) is 14.0 Å². The molecule has 0 bridgehead atoms. The first-order valence-corrected chi connectivity index (χ1v) is 12.7. The first-order chi connectivity index (χ1) is 12.5. The summed E-state index contributed by atoms with van der Waals surface area (Å²) in [4.78, 5) is 14.8. The fourth-order valence-corrected chi connectivity index (χ4v) is 3.55. The summed E-state index contributed by atoms with van der Waals surface area (Å²) in [5, 5.41) is -0.0421. The van der Waals surface area contributed by atoms with Crippen LogP contribution < -0.4 is 0 Å². The van der Waals surface area contributed by atoms with Gasteiger partial charge in [-0.05, 0) is 36.2 Å². The van der Waals surface area contributed by atoms with E-state index in [0.717, 1.165) is 18.4 Å². The molecule has 1 rings (SSSR count). The highest BCUT2D eigenvalue weighted by Gasteiger charge is 2.49. The van der Waals surface area contributed by atoms with Gasteiger partial charge in [-0.3, -0.25) is 4.79 Å². The Morgan fingerprint density at radius 2 is 1.74 bits per heavy atom. The van der Waals surface area contributed by atoms with Gasteiger partial charge < -0.3 is 14.1 Å². The molecule has 4 nitrogen and oxygen atoms in total. The molecule has 0 radical (unpaired) electrons. The maximum Gasteiger partial charge on any atom is 0.285 e. The summed E-state index contributed by atoms with van der Waals surface area (Å²) in [6.07, 6.45) is 5.58. The van der Waals surface area contributed by atoms with Crippen LogP contribution in [0.2, 0.25) is 18.1 Å². The van der Waals surface area contributed by atoms with Crippen LogP contribution in [0.4, 0.5) is 0 Å². The lowest BCUT2D eigenvalue weighted by Crippen LogP contribution is -2.57. The molecule has 0 aromatic heterocycles. The van der Waals surface area contributed by atoms with Crippen molar-refractivity contribution >= 4 is 20.3 Å². The third kappa shape index (κ3) is 6.59. The molecule has 0 aliphatic rings. The SMILES string of the molecule is CCCCOC(/C=C/c1ccccc1)(O[Si](C)(C)C(C)(C)C)C(=O)N(C)C. The van der Waals surface area contributed by atoms with Gasteiger partial charge in [0.1, 0.15) is 0 Å². The topological polar surface area (TPSA) is 38.8 Å². The smallest absolute Gasteiger partial charge is 0.285 e. The second-order valence-corrected chi connectivity index (χ2v) is 13.4. The van der Waals surface area contributed by atoms with Crippen LogP contribution in [0.25, 0.3) is 6.08 Å². The number of hydrogen-bond donors (Lipinski definition) is 0. The lowest BCUT2D eigenvalue weighted by molar-refractivity contribution is -0.189. The summed E-state index contributed by atoms with van der Waals surface area (Å²) >= 11 is 0. The maximum atomic E-state index is 13.2. The number of carbonyl (C=O) groups excluding carboxylic acids is 1. The summed E-state index contributed by atoms with van der Waals surface area (Å²) in [5.41, 5.74) is 1.01. The van der Waals surface area contributed by atoms with E-state index in [9.17, 15) is 4.79 Å². The molecule has 0 aliphatic carbocycles. The molecule has 27 heavy (non-hydrogen) atoms. The largest absolute Gasteiger partial charge is 0.380 e. The van der Waals surface area contributed by atoms with E-state index in [2.05, 4.69) is 40.8 Å². The molecule has 1 aromatic rings. The molecular weight excluding hydrogens is 354 g/mol. The quantitative estimate of drug-likeness (QED) is 0.325. The molecule has 1 atom stereocenters. The molecule has 152 valence electrons. The molecule has 0 fully saturated rings. The van der Waals surface area contributed by atoms with Gasteiger partial charge in [0.05, 0.1) is 6.61 Å². The highest BCUT2D eigenvalue weighted by molar-refractivity contribution is 6.74. The van der Waals surface area contributed by atoms with Gasteiger partial charge >= 0.3 is 0 Å². The Labute approximate surface area is 166 Å². The van der Waals surface area contributed by atoms with E-state index in [1.807, 2.05) is 36.4 Å². The molecule has 0 N–H and O–H groups in total. The molecule has 0 saturated carbocycles. The van der Waals surface area contributed by atoms with Crippen LogP contribution >= 0.6 is 0 Å². The highest BCUT2D eigenvalue weighted by Crippen LogP contribution is 2.40. The van der Waals surface area contributed by atoms with Gasteiger partial charge in [0, 0.05) is 14.1 Å². The lowest BCUT2D eigenvalue weighted by Gasteiger charge is -2.44. The van der Waals surface area contributed by atoms with E-state index >= 15 is 0 Å². The van der Waals surface area contributed by atoms with Crippen molar-refractivity contribution in [3.05, 3.63) is 42.0 Å². The van der Waals surface area contributed by atoms with Crippen molar-refractivity contribution in [2.45, 2.75) is 64.5 Å². The normalized spacial score (nSPS) is 15.0. The highest BCUT2D eigenvalue weighted by atomic mass is 28.4. The monoisotopic (exact) mass is 391 g/mol. The fraction of sp³-hybridized carbons (Fsp3) is 0.591. The number of nitrogens with zero attached hydrogens (tertiary/aromatic N) is 1. The maximum absolute atomic E-state index is 13.2. The Morgan fingerprint density at radius 1 is 1.15 bits per heavy atom. The van der Waals surface area contributed by atoms with Crippen LogP contribution in [0.15, 0.2) is 36.4 Å². The number of amides is 1. The van der Waals surface area contributed by atoms with Crippen LogP contribution in [0.3, 0.4) is 0 Å². The number of ether oxygens (including phenoxy) is 1. The number of likely N-dealkylation sites (N-methyl/N-ethyl adjacent to an activating group) is 1. The summed E-state index contributed by atoms with van der Waals surface area (Å²) in [5.74, 6) is -1.59.